The zero-order chi connectivity index (χ0) is 24.2. The first-order valence-corrected chi connectivity index (χ1v) is 12.4. The number of ether oxygens (including phenoxy) is 1. The third-order valence-electron chi connectivity index (χ3n) is 5.66. The van der Waals surface area contributed by atoms with Gasteiger partial charge < -0.3 is 10.1 Å². The molecule has 2 heterocycles. The standard InChI is InChI=1S/C27H24N4O3S/c1-2-34-20-14-12-19(13-15-20)28-24(32)17-35-27-29-22-11-7-6-10-21(22)25-30-26(33)23(31(25)27)16-18-8-4-3-5-9-18/h3-15,23H,2,16-17H2,1H3,(H,28,32). The number of hydrogen-bond donors (Lipinski definition) is 1. The molecule has 2 aliphatic rings. The lowest BCUT2D eigenvalue weighted by Crippen LogP contribution is -2.45. The first-order chi connectivity index (χ1) is 17.1. The van der Waals surface area contributed by atoms with Crippen LogP contribution in [0.2, 0.25) is 0 Å². The van der Waals surface area contributed by atoms with Crippen LogP contribution in [0.1, 0.15) is 18.1 Å². The Bertz CT molecular complexity index is 1310. The van der Waals surface area contributed by atoms with Crippen LogP contribution in [-0.4, -0.2) is 46.1 Å². The summed E-state index contributed by atoms with van der Waals surface area (Å²) < 4.78 is 5.45. The van der Waals surface area contributed by atoms with Gasteiger partial charge in [-0.15, -0.1) is 0 Å². The Labute approximate surface area is 207 Å². The molecule has 2 amide bonds. The highest BCUT2D eigenvalue weighted by Gasteiger charge is 2.41. The van der Waals surface area contributed by atoms with Gasteiger partial charge in [-0.25, -0.2) is 4.99 Å². The first-order valence-electron chi connectivity index (χ1n) is 11.4. The van der Waals surface area contributed by atoms with E-state index >= 15 is 0 Å². The number of para-hydroxylation sites is 1. The van der Waals surface area contributed by atoms with Crippen LogP contribution < -0.4 is 10.1 Å². The molecule has 0 saturated heterocycles. The average molecular weight is 485 g/mol. The number of benzene rings is 3. The minimum atomic E-state index is -0.499. The summed E-state index contributed by atoms with van der Waals surface area (Å²) in [5.41, 5.74) is 3.29. The van der Waals surface area contributed by atoms with Gasteiger partial charge in [-0.2, -0.15) is 4.99 Å². The second-order valence-corrected chi connectivity index (χ2v) is 9.00. The molecule has 0 radical (unpaired) electrons. The lowest BCUT2D eigenvalue weighted by atomic mass is 10.0. The number of fused-ring (bicyclic) bond motifs is 3. The van der Waals surface area contributed by atoms with Gasteiger partial charge in [-0.05, 0) is 48.9 Å². The van der Waals surface area contributed by atoms with Crippen LogP contribution in [0, 0.1) is 0 Å². The monoisotopic (exact) mass is 484 g/mol. The van der Waals surface area contributed by atoms with E-state index in [0.29, 0.717) is 29.7 Å². The number of carbonyl (C=O) groups excluding carboxylic acids is 2. The number of carbonyl (C=O) groups is 2. The molecule has 176 valence electrons. The Morgan fingerprint density at radius 2 is 1.74 bits per heavy atom. The lowest BCUT2D eigenvalue weighted by Gasteiger charge is -2.31. The van der Waals surface area contributed by atoms with E-state index < -0.39 is 6.04 Å². The Kier molecular flexibility index (Phi) is 6.63. The second kappa shape index (κ2) is 10.1. The fourth-order valence-corrected chi connectivity index (χ4v) is 4.92. The highest BCUT2D eigenvalue weighted by atomic mass is 32.2. The zero-order valence-corrected chi connectivity index (χ0v) is 20.0. The molecule has 1 atom stereocenters. The van der Waals surface area contributed by atoms with E-state index in [2.05, 4.69) is 10.3 Å². The minimum absolute atomic E-state index is 0.143. The van der Waals surface area contributed by atoms with Crippen LogP contribution >= 0.6 is 11.8 Å². The number of rotatable bonds is 7. The summed E-state index contributed by atoms with van der Waals surface area (Å²) in [4.78, 5) is 36.8. The fourth-order valence-electron chi connectivity index (χ4n) is 4.07. The smallest absolute Gasteiger partial charge is 0.271 e. The molecule has 3 aromatic carbocycles. The van der Waals surface area contributed by atoms with Crippen molar-refractivity contribution in [2.45, 2.75) is 19.4 Å². The number of aliphatic imine (C=N–C) groups is 2. The van der Waals surface area contributed by atoms with E-state index in [1.54, 1.807) is 0 Å². The van der Waals surface area contributed by atoms with Crippen LogP contribution in [0.3, 0.4) is 0 Å². The van der Waals surface area contributed by atoms with Gasteiger partial charge >= 0.3 is 0 Å². The summed E-state index contributed by atoms with van der Waals surface area (Å²) in [5, 5.41) is 3.50. The number of nitrogens with one attached hydrogen (secondary N) is 1. The van der Waals surface area contributed by atoms with Gasteiger partial charge in [-0.1, -0.05) is 54.2 Å². The molecule has 35 heavy (non-hydrogen) atoms. The van der Waals surface area contributed by atoms with Crippen molar-refractivity contribution < 1.29 is 14.3 Å². The topological polar surface area (TPSA) is 83.4 Å². The number of thioether (sulfide) groups is 1. The van der Waals surface area contributed by atoms with Crippen molar-refractivity contribution in [3.63, 3.8) is 0 Å². The van der Waals surface area contributed by atoms with Gasteiger partial charge in [0.1, 0.15) is 17.6 Å². The summed E-state index contributed by atoms with van der Waals surface area (Å²) in [6, 6.07) is 24.2. The summed E-state index contributed by atoms with van der Waals surface area (Å²) in [6.45, 7) is 2.51. The van der Waals surface area contributed by atoms with Crippen molar-refractivity contribution in [2.24, 2.45) is 9.98 Å². The number of amidine groups is 2. The van der Waals surface area contributed by atoms with E-state index in [1.165, 1.54) is 11.8 Å². The average Bonchev–Trinajstić information content (AvgIpc) is 3.20. The predicted octanol–water partition coefficient (Wildman–Crippen LogP) is 4.66. The third-order valence-corrected chi connectivity index (χ3v) is 6.61. The molecule has 8 heteroatoms. The zero-order valence-electron chi connectivity index (χ0n) is 19.2. The van der Waals surface area contributed by atoms with Crippen molar-refractivity contribution in [2.75, 3.05) is 17.7 Å². The van der Waals surface area contributed by atoms with Crippen molar-refractivity contribution in [1.29, 1.82) is 0 Å². The maximum Gasteiger partial charge on any atom is 0.271 e. The van der Waals surface area contributed by atoms with Gasteiger partial charge in [0.15, 0.2) is 5.17 Å². The number of nitrogens with zero attached hydrogens (tertiary/aromatic N) is 3. The van der Waals surface area contributed by atoms with E-state index in [0.717, 1.165) is 22.6 Å². The second-order valence-electron chi connectivity index (χ2n) is 8.05. The Morgan fingerprint density at radius 3 is 2.51 bits per heavy atom. The molecule has 0 fully saturated rings. The number of hydrogen-bond acceptors (Lipinski definition) is 6. The first kappa shape index (κ1) is 22.9. The number of anilines is 1. The van der Waals surface area contributed by atoms with E-state index in [4.69, 9.17) is 9.73 Å². The molecular formula is C27H24N4O3S. The quantitative estimate of drug-likeness (QED) is 0.527. The van der Waals surface area contributed by atoms with Crippen LogP contribution in [0.4, 0.5) is 11.4 Å². The van der Waals surface area contributed by atoms with Crippen molar-refractivity contribution in [3.8, 4) is 5.75 Å². The summed E-state index contributed by atoms with van der Waals surface area (Å²) in [6.07, 6.45) is 0.507. The van der Waals surface area contributed by atoms with Gasteiger partial charge in [0, 0.05) is 17.7 Å². The van der Waals surface area contributed by atoms with Crippen LogP contribution in [0.25, 0.3) is 0 Å². The maximum absolute atomic E-state index is 13.0. The Balaban J connectivity index is 1.34. The van der Waals surface area contributed by atoms with E-state index in [-0.39, 0.29) is 17.6 Å². The van der Waals surface area contributed by atoms with Crippen molar-refractivity contribution in [1.82, 2.24) is 4.90 Å². The molecule has 0 aliphatic carbocycles. The van der Waals surface area contributed by atoms with Crippen LogP contribution in [0.5, 0.6) is 5.75 Å². The Hall–Kier alpha value is -3.91. The fraction of sp³-hybridized carbons (Fsp3) is 0.185. The molecule has 0 aromatic heterocycles. The molecule has 0 spiro atoms. The molecule has 3 aromatic rings. The molecule has 1 N–H and O–H groups in total. The highest BCUT2D eigenvalue weighted by molar-refractivity contribution is 8.14. The predicted molar refractivity (Wildman–Crippen MR) is 140 cm³/mol. The SMILES string of the molecule is CCOc1ccc(NC(=O)CSC2=Nc3ccccc3C3=NC(=O)C(Cc4ccccc4)N23)cc1. The summed E-state index contributed by atoms with van der Waals surface area (Å²) in [5.74, 6) is 1.13. The van der Waals surface area contributed by atoms with Crippen molar-refractivity contribution in [3.05, 3.63) is 90.0 Å². The third kappa shape index (κ3) is 4.97. The molecule has 5 rings (SSSR count). The number of amides is 2. The molecule has 0 bridgehead atoms. The van der Waals surface area contributed by atoms with E-state index in [9.17, 15) is 9.59 Å². The van der Waals surface area contributed by atoms with E-state index in [1.807, 2.05) is 90.7 Å². The van der Waals surface area contributed by atoms with Gasteiger partial charge in [0.2, 0.25) is 5.91 Å². The van der Waals surface area contributed by atoms with Gasteiger partial charge in [-0.3, -0.25) is 14.5 Å². The molecule has 2 aliphatic heterocycles. The lowest BCUT2D eigenvalue weighted by molar-refractivity contribution is -0.119. The normalized spacial score (nSPS) is 16.2. The van der Waals surface area contributed by atoms with Gasteiger partial charge in [0.25, 0.3) is 5.91 Å². The summed E-state index contributed by atoms with van der Waals surface area (Å²) >= 11 is 1.30. The molecule has 1 unspecified atom stereocenters. The van der Waals surface area contributed by atoms with Gasteiger partial charge in [0.05, 0.1) is 18.0 Å². The Morgan fingerprint density at radius 1 is 1.00 bits per heavy atom. The minimum Gasteiger partial charge on any atom is -0.494 e. The van der Waals surface area contributed by atoms with Crippen molar-refractivity contribution >= 4 is 46.0 Å². The summed E-state index contributed by atoms with van der Waals surface area (Å²) in [7, 11) is 0. The molecule has 7 nitrogen and oxygen atoms in total. The van der Waals surface area contributed by atoms with Crippen LogP contribution in [-0.2, 0) is 16.0 Å². The molecule has 0 saturated carbocycles. The maximum atomic E-state index is 13.0. The van der Waals surface area contributed by atoms with Crippen LogP contribution in [0.15, 0.2) is 88.8 Å². The highest BCUT2D eigenvalue weighted by Crippen LogP contribution is 2.35. The molecular weight excluding hydrogens is 460 g/mol. The largest absolute Gasteiger partial charge is 0.494 e.